The number of amides is 1. The molecule has 7 heteroatoms. The summed E-state index contributed by atoms with van der Waals surface area (Å²) in [5, 5.41) is 2.96. The maximum atomic E-state index is 12.8. The van der Waals surface area contributed by atoms with E-state index in [2.05, 4.69) is 15.3 Å². The summed E-state index contributed by atoms with van der Waals surface area (Å²) >= 11 is 0. The molecule has 7 nitrogen and oxygen atoms in total. The monoisotopic (exact) mass is 364 g/mol. The Morgan fingerprint density at radius 1 is 1.26 bits per heavy atom. The quantitative estimate of drug-likeness (QED) is 0.756. The topological polar surface area (TPSA) is 85.6 Å². The van der Waals surface area contributed by atoms with Crippen LogP contribution in [0.15, 0.2) is 53.7 Å². The fraction of sp³-hybridized carbons (Fsp3) is 0.300. The molecule has 1 aliphatic rings. The van der Waals surface area contributed by atoms with E-state index < -0.39 is 5.91 Å². The molecular formula is C20H20N4O3. The molecule has 4 heterocycles. The van der Waals surface area contributed by atoms with Gasteiger partial charge in [-0.1, -0.05) is 6.07 Å². The number of nitrogens with zero attached hydrogens (tertiary/aromatic N) is 3. The van der Waals surface area contributed by atoms with Crippen molar-refractivity contribution >= 4 is 11.6 Å². The van der Waals surface area contributed by atoms with Crippen molar-refractivity contribution in [1.82, 2.24) is 19.7 Å². The van der Waals surface area contributed by atoms with Crippen LogP contribution in [0.25, 0.3) is 5.65 Å². The highest BCUT2D eigenvalue weighted by molar-refractivity contribution is 5.94. The normalized spacial score (nSPS) is 19.3. The van der Waals surface area contributed by atoms with Crippen molar-refractivity contribution in [2.45, 2.75) is 19.4 Å². The van der Waals surface area contributed by atoms with E-state index in [1.165, 1.54) is 10.6 Å². The second-order valence-corrected chi connectivity index (χ2v) is 6.77. The largest absolute Gasteiger partial charge is 0.379 e. The first-order valence-corrected chi connectivity index (χ1v) is 8.88. The van der Waals surface area contributed by atoms with Crippen LogP contribution in [0.5, 0.6) is 0 Å². The van der Waals surface area contributed by atoms with Crippen molar-refractivity contribution in [3.05, 3.63) is 76.1 Å². The summed E-state index contributed by atoms with van der Waals surface area (Å²) in [4.78, 5) is 33.8. The molecule has 1 N–H and O–H groups in total. The Morgan fingerprint density at radius 2 is 2.07 bits per heavy atom. The molecule has 4 rings (SSSR count). The fourth-order valence-electron chi connectivity index (χ4n) is 3.46. The highest BCUT2D eigenvalue weighted by atomic mass is 16.5. The Bertz CT molecular complexity index is 1030. The van der Waals surface area contributed by atoms with Crippen LogP contribution in [0.2, 0.25) is 0 Å². The zero-order chi connectivity index (χ0) is 18.8. The van der Waals surface area contributed by atoms with Crippen molar-refractivity contribution in [3.8, 4) is 0 Å². The molecule has 0 aromatic carbocycles. The lowest BCUT2D eigenvalue weighted by atomic mass is 9.95. The molecule has 3 aromatic rings. The second kappa shape index (κ2) is 7.28. The lowest BCUT2D eigenvalue weighted by Crippen LogP contribution is -2.43. The third kappa shape index (κ3) is 3.46. The molecule has 27 heavy (non-hydrogen) atoms. The number of pyridine rings is 2. The van der Waals surface area contributed by atoms with Gasteiger partial charge in [-0.3, -0.25) is 19.0 Å². The van der Waals surface area contributed by atoms with Gasteiger partial charge in [0, 0.05) is 30.2 Å². The lowest BCUT2D eigenvalue weighted by Gasteiger charge is -2.19. The molecule has 2 atom stereocenters. The SMILES string of the molecule is Cc1cccc2ncc(C(=O)N[C@@H]3COC[C@H]3Cc3ccncc3)c(=O)n12. The molecule has 0 unspecified atom stereocenters. The first-order valence-electron chi connectivity index (χ1n) is 8.88. The molecule has 1 fully saturated rings. The summed E-state index contributed by atoms with van der Waals surface area (Å²) < 4.78 is 7.02. The summed E-state index contributed by atoms with van der Waals surface area (Å²) in [7, 11) is 0. The van der Waals surface area contributed by atoms with E-state index in [0.29, 0.717) is 18.9 Å². The van der Waals surface area contributed by atoms with Crippen molar-refractivity contribution < 1.29 is 9.53 Å². The van der Waals surface area contributed by atoms with Gasteiger partial charge in [0.25, 0.3) is 11.5 Å². The van der Waals surface area contributed by atoms with Gasteiger partial charge in [0.15, 0.2) is 0 Å². The summed E-state index contributed by atoms with van der Waals surface area (Å²) in [5.74, 6) is -0.269. The number of ether oxygens (including phenoxy) is 1. The molecule has 0 spiro atoms. The molecule has 0 radical (unpaired) electrons. The minimum atomic E-state index is -0.416. The molecule has 0 aliphatic carbocycles. The van der Waals surface area contributed by atoms with Gasteiger partial charge in [-0.2, -0.15) is 0 Å². The lowest BCUT2D eigenvalue weighted by molar-refractivity contribution is 0.0923. The van der Waals surface area contributed by atoms with Gasteiger partial charge >= 0.3 is 0 Å². The smallest absolute Gasteiger partial charge is 0.270 e. The highest BCUT2D eigenvalue weighted by Gasteiger charge is 2.30. The van der Waals surface area contributed by atoms with E-state index in [1.807, 2.05) is 31.2 Å². The van der Waals surface area contributed by atoms with Crippen molar-refractivity contribution in [3.63, 3.8) is 0 Å². The zero-order valence-corrected chi connectivity index (χ0v) is 15.0. The second-order valence-electron chi connectivity index (χ2n) is 6.77. The molecule has 1 saturated heterocycles. The van der Waals surface area contributed by atoms with E-state index in [9.17, 15) is 9.59 Å². The molecule has 3 aromatic heterocycles. The third-order valence-corrected chi connectivity index (χ3v) is 4.93. The van der Waals surface area contributed by atoms with Crippen LogP contribution in [-0.2, 0) is 11.2 Å². The van der Waals surface area contributed by atoms with Crippen LogP contribution in [-0.4, -0.2) is 39.5 Å². The van der Waals surface area contributed by atoms with Crippen molar-refractivity contribution in [2.75, 3.05) is 13.2 Å². The average molecular weight is 364 g/mol. The predicted molar refractivity (Wildman–Crippen MR) is 99.7 cm³/mol. The summed E-state index contributed by atoms with van der Waals surface area (Å²) in [6.07, 6.45) is 5.63. The van der Waals surface area contributed by atoms with Crippen LogP contribution in [0, 0.1) is 12.8 Å². The Hall–Kier alpha value is -3.06. The van der Waals surface area contributed by atoms with Crippen LogP contribution in [0.1, 0.15) is 21.6 Å². The molecule has 138 valence electrons. The van der Waals surface area contributed by atoms with E-state index in [1.54, 1.807) is 18.5 Å². The minimum Gasteiger partial charge on any atom is -0.379 e. The first-order chi connectivity index (χ1) is 13.1. The standard InChI is InChI=1S/C20H20N4O3/c1-13-3-2-4-18-22-10-16(20(26)24(13)18)19(25)23-17-12-27-11-15(17)9-14-5-7-21-8-6-14/h2-8,10,15,17H,9,11-12H2,1H3,(H,23,25)/t15-,17-/m1/s1. The number of hydrogen-bond donors (Lipinski definition) is 1. The number of fused-ring (bicyclic) bond motifs is 1. The van der Waals surface area contributed by atoms with Crippen LogP contribution in [0.3, 0.4) is 0 Å². The Morgan fingerprint density at radius 3 is 2.89 bits per heavy atom. The van der Waals surface area contributed by atoms with Crippen LogP contribution in [0.4, 0.5) is 0 Å². The van der Waals surface area contributed by atoms with Crippen LogP contribution < -0.4 is 10.9 Å². The highest BCUT2D eigenvalue weighted by Crippen LogP contribution is 2.19. The van der Waals surface area contributed by atoms with E-state index in [-0.39, 0.29) is 23.1 Å². The van der Waals surface area contributed by atoms with Gasteiger partial charge in [-0.15, -0.1) is 0 Å². The number of nitrogens with one attached hydrogen (secondary N) is 1. The number of carbonyl (C=O) groups is 1. The number of aromatic nitrogens is 3. The minimum absolute atomic E-state index is 0.0383. The van der Waals surface area contributed by atoms with E-state index in [0.717, 1.165) is 17.7 Å². The Balaban J connectivity index is 1.55. The number of rotatable bonds is 4. The summed E-state index contributed by atoms with van der Waals surface area (Å²) in [5.41, 5.74) is 2.08. The third-order valence-electron chi connectivity index (χ3n) is 4.93. The summed E-state index contributed by atoms with van der Waals surface area (Å²) in [6.45, 7) is 2.82. The average Bonchev–Trinajstić information content (AvgIpc) is 3.09. The Kier molecular flexibility index (Phi) is 4.68. The van der Waals surface area contributed by atoms with E-state index >= 15 is 0 Å². The van der Waals surface area contributed by atoms with Gasteiger partial charge < -0.3 is 10.1 Å². The number of aryl methyl sites for hydroxylation is 1. The van der Waals surface area contributed by atoms with Gasteiger partial charge in [0.2, 0.25) is 0 Å². The molecule has 0 bridgehead atoms. The van der Waals surface area contributed by atoms with Crippen molar-refractivity contribution in [2.24, 2.45) is 5.92 Å². The van der Waals surface area contributed by atoms with Gasteiger partial charge in [0.05, 0.1) is 19.3 Å². The molecule has 1 amide bonds. The van der Waals surface area contributed by atoms with Crippen molar-refractivity contribution in [1.29, 1.82) is 0 Å². The van der Waals surface area contributed by atoms with Gasteiger partial charge in [0.1, 0.15) is 11.2 Å². The predicted octanol–water partition coefficient (Wildman–Crippen LogP) is 1.39. The van der Waals surface area contributed by atoms with Gasteiger partial charge in [-0.05, 0) is 43.2 Å². The molecule has 0 saturated carbocycles. The Labute approximate surface area is 156 Å². The van der Waals surface area contributed by atoms with Gasteiger partial charge in [-0.25, -0.2) is 4.98 Å². The first kappa shape index (κ1) is 17.4. The number of hydrogen-bond acceptors (Lipinski definition) is 5. The molecule has 1 aliphatic heterocycles. The maximum absolute atomic E-state index is 12.8. The number of carbonyl (C=O) groups excluding carboxylic acids is 1. The fourth-order valence-corrected chi connectivity index (χ4v) is 3.46. The summed E-state index contributed by atoms with van der Waals surface area (Å²) in [6, 6.07) is 9.15. The maximum Gasteiger partial charge on any atom is 0.270 e. The van der Waals surface area contributed by atoms with E-state index in [4.69, 9.17) is 4.74 Å². The van der Waals surface area contributed by atoms with Crippen LogP contribution >= 0.6 is 0 Å². The zero-order valence-electron chi connectivity index (χ0n) is 15.0. The molecular weight excluding hydrogens is 344 g/mol.